The van der Waals surface area contributed by atoms with E-state index in [1.54, 1.807) is 19.2 Å². The predicted molar refractivity (Wildman–Crippen MR) is 90.6 cm³/mol. The number of carbonyl (C=O) groups is 1. The van der Waals surface area contributed by atoms with Crippen LogP contribution in [0.1, 0.15) is 18.4 Å². The summed E-state index contributed by atoms with van der Waals surface area (Å²) in [6, 6.07) is 7.57. The first-order valence-electron chi connectivity index (χ1n) is 8.00. The molecule has 23 heavy (non-hydrogen) atoms. The zero-order valence-electron chi connectivity index (χ0n) is 13.5. The van der Waals surface area contributed by atoms with Crippen LogP contribution in [0.25, 0.3) is 0 Å². The second kappa shape index (κ2) is 9.23. The monoisotopic (exact) mass is 340 g/mol. The van der Waals surface area contributed by atoms with Gasteiger partial charge in [-0.05, 0) is 30.5 Å². The minimum absolute atomic E-state index is 0.0465. The molecule has 0 radical (unpaired) electrons. The lowest BCUT2D eigenvalue weighted by molar-refractivity contribution is -0.121. The van der Waals surface area contributed by atoms with E-state index < -0.39 is 6.10 Å². The summed E-state index contributed by atoms with van der Waals surface area (Å²) in [6.45, 7) is 2.75. The summed E-state index contributed by atoms with van der Waals surface area (Å²) in [6.07, 6.45) is 1.75. The number of ether oxygens (including phenoxy) is 1. The first-order valence-corrected chi connectivity index (χ1v) is 8.38. The van der Waals surface area contributed by atoms with Gasteiger partial charge >= 0.3 is 0 Å². The molecule has 1 saturated heterocycles. The van der Waals surface area contributed by atoms with E-state index in [1.807, 2.05) is 12.1 Å². The number of amides is 1. The van der Waals surface area contributed by atoms with Crippen molar-refractivity contribution in [1.82, 2.24) is 10.2 Å². The molecule has 1 aromatic rings. The number of aliphatic hydroxyl groups excluding tert-OH is 1. The van der Waals surface area contributed by atoms with Crippen LogP contribution in [0.4, 0.5) is 0 Å². The number of hydrogen-bond donors (Lipinski definition) is 2. The fourth-order valence-electron chi connectivity index (χ4n) is 2.87. The maximum atomic E-state index is 12.1. The number of methoxy groups -OCH3 is 1. The number of nitrogens with zero attached hydrogens (tertiary/aromatic N) is 1. The molecule has 0 aromatic heterocycles. The van der Waals surface area contributed by atoms with Crippen molar-refractivity contribution in [1.29, 1.82) is 0 Å². The smallest absolute Gasteiger partial charge is 0.224 e. The highest BCUT2D eigenvalue weighted by Crippen LogP contribution is 2.13. The lowest BCUT2D eigenvalue weighted by atomic mass is 10.0. The molecule has 6 heteroatoms. The Bertz CT molecular complexity index is 487. The molecule has 0 aliphatic carbocycles. The second-order valence-corrected chi connectivity index (χ2v) is 6.49. The molecule has 2 N–H and O–H groups in total. The molecule has 0 saturated carbocycles. The Labute approximate surface area is 142 Å². The molecule has 1 unspecified atom stereocenters. The molecular formula is C17H25ClN2O3. The summed E-state index contributed by atoms with van der Waals surface area (Å²) in [5, 5.41) is 13.5. The van der Waals surface area contributed by atoms with Gasteiger partial charge in [0.15, 0.2) is 0 Å². The van der Waals surface area contributed by atoms with Gasteiger partial charge in [-0.3, -0.25) is 4.79 Å². The van der Waals surface area contributed by atoms with Crippen molar-refractivity contribution < 1.29 is 14.6 Å². The topological polar surface area (TPSA) is 61.8 Å². The molecule has 1 atom stereocenters. The van der Waals surface area contributed by atoms with Crippen LogP contribution < -0.4 is 5.32 Å². The van der Waals surface area contributed by atoms with E-state index in [1.165, 1.54) is 0 Å². The molecule has 1 heterocycles. The largest absolute Gasteiger partial charge is 0.389 e. The Morgan fingerprint density at radius 2 is 2.04 bits per heavy atom. The molecule has 128 valence electrons. The average Bonchev–Trinajstić information content (AvgIpc) is 2.52. The van der Waals surface area contributed by atoms with Crippen LogP contribution >= 0.6 is 11.6 Å². The maximum Gasteiger partial charge on any atom is 0.224 e. The highest BCUT2D eigenvalue weighted by Gasteiger charge is 2.22. The molecule has 1 aromatic carbocycles. The minimum atomic E-state index is -0.448. The number of β-amino-alcohol motifs (C(OH)–C–C–N with tert-alkyl or cyclic N) is 1. The molecule has 0 spiro atoms. The second-order valence-electron chi connectivity index (χ2n) is 6.05. The lowest BCUT2D eigenvalue weighted by Crippen LogP contribution is -2.47. The van der Waals surface area contributed by atoms with E-state index in [4.69, 9.17) is 16.3 Å². The number of benzene rings is 1. The summed E-state index contributed by atoms with van der Waals surface area (Å²) in [5.74, 6) is 0.0465. The molecule has 1 fully saturated rings. The normalized spacial score (nSPS) is 17.9. The fraction of sp³-hybridized carbons (Fsp3) is 0.588. The third kappa shape index (κ3) is 6.47. The number of piperidine rings is 1. The number of nitrogens with one attached hydrogen (secondary N) is 1. The van der Waals surface area contributed by atoms with Crippen LogP contribution in [0.3, 0.4) is 0 Å². The SMILES string of the molecule is COCC(O)CN1CCC(NC(=O)Cc2ccc(Cl)cc2)CC1. The quantitative estimate of drug-likeness (QED) is 0.789. The van der Waals surface area contributed by atoms with E-state index in [9.17, 15) is 9.90 Å². The number of likely N-dealkylation sites (tertiary alicyclic amines) is 1. The van der Waals surface area contributed by atoms with E-state index in [-0.39, 0.29) is 11.9 Å². The van der Waals surface area contributed by atoms with E-state index in [2.05, 4.69) is 10.2 Å². The standard InChI is InChI=1S/C17H25ClN2O3/c1-23-12-16(21)11-20-8-6-15(7-9-20)19-17(22)10-13-2-4-14(18)5-3-13/h2-5,15-16,21H,6-12H2,1H3,(H,19,22). The third-order valence-corrected chi connectivity index (χ3v) is 4.31. The van der Waals surface area contributed by atoms with Crippen LogP contribution in [-0.2, 0) is 16.0 Å². The molecular weight excluding hydrogens is 316 g/mol. The number of hydrogen-bond acceptors (Lipinski definition) is 4. The van der Waals surface area contributed by atoms with Gasteiger partial charge in [0.25, 0.3) is 0 Å². The Hall–Kier alpha value is -1.14. The van der Waals surface area contributed by atoms with Gasteiger partial charge in [0.2, 0.25) is 5.91 Å². The Morgan fingerprint density at radius 1 is 1.39 bits per heavy atom. The van der Waals surface area contributed by atoms with Crippen LogP contribution in [0.15, 0.2) is 24.3 Å². The molecule has 1 aliphatic heterocycles. The maximum absolute atomic E-state index is 12.1. The lowest BCUT2D eigenvalue weighted by Gasteiger charge is -2.33. The van der Waals surface area contributed by atoms with Gasteiger partial charge in [-0.1, -0.05) is 23.7 Å². The summed E-state index contributed by atoms with van der Waals surface area (Å²) >= 11 is 5.84. The van der Waals surface area contributed by atoms with Gasteiger partial charge in [0, 0.05) is 37.8 Å². The highest BCUT2D eigenvalue weighted by atomic mass is 35.5. The molecule has 1 aliphatic rings. The highest BCUT2D eigenvalue weighted by molar-refractivity contribution is 6.30. The van der Waals surface area contributed by atoms with Crippen LogP contribution in [0.2, 0.25) is 5.02 Å². The van der Waals surface area contributed by atoms with Crippen LogP contribution in [0, 0.1) is 0 Å². The van der Waals surface area contributed by atoms with Gasteiger partial charge in [0.05, 0.1) is 19.1 Å². The van der Waals surface area contributed by atoms with Crippen molar-refractivity contribution in [3.8, 4) is 0 Å². The number of carbonyl (C=O) groups excluding carboxylic acids is 1. The zero-order valence-corrected chi connectivity index (χ0v) is 14.3. The predicted octanol–water partition coefficient (Wildman–Crippen LogP) is 1.47. The first-order chi connectivity index (χ1) is 11.1. The Kier molecular flexibility index (Phi) is 7.30. The number of rotatable bonds is 7. The van der Waals surface area contributed by atoms with Crippen molar-refractivity contribution in [3.05, 3.63) is 34.9 Å². The summed E-state index contributed by atoms with van der Waals surface area (Å²) in [5.41, 5.74) is 0.965. The summed E-state index contributed by atoms with van der Waals surface area (Å²) in [4.78, 5) is 14.3. The Morgan fingerprint density at radius 3 is 2.65 bits per heavy atom. The van der Waals surface area contributed by atoms with Crippen molar-refractivity contribution >= 4 is 17.5 Å². The van der Waals surface area contributed by atoms with Crippen molar-refractivity contribution in [2.24, 2.45) is 0 Å². The molecule has 2 rings (SSSR count). The van der Waals surface area contributed by atoms with Gasteiger partial charge in [-0.2, -0.15) is 0 Å². The number of aliphatic hydroxyl groups is 1. The van der Waals surface area contributed by atoms with Crippen LogP contribution in [-0.4, -0.2) is 61.4 Å². The average molecular weight is 341 g/mol. The van der Waals surface area contributed by atoms with E-state index >= 15 is 0 Å². The van der Waals surface area contributed by atoms with Crippen LogP contribution in [0.5, 0.6) is 0 Å². The zero-order chi connectivity index (χ0) is 16.7. The summed E-state index contributed by atoms with van der Waals surface area (Å²) < 4.78 is 4.94. The van der Waals surface area contributed by atoms with Gasteiger partial charge in [0.1, 0.15) is 0 Å². The van der Waals surface area contributed by atoms with Gasteiger partial charge < -0.3 is 20.1 Å². The van der Waals surface area contributed by atoms with Gasteiger partial charge in [-0.15, -0.1) is 0 Å². The minimum Gasteiger partial charge on any atom is -0.389 e. The number of halogens is 1. The van der Waals surface area contributed by atoms with Crippen molar-refractivity contribution in [2.75, 3.05) is 33.4 Å². The molecule has 0 bridgehead atoms. The van der Waals surface area contributed by atoms with Crippen molar-refractivity contribution in [3.63, 3.8) is 0 Å². The third-order valence-electron chi connectivity index (χ3n) is 4.06. The van der Waals surface area contributed by atoms with Crippen molar-refractivity contribution in [2.45, 2.75) is 31.4 Å². The van der Waals surface area contributed by atoms with E-state index in [0.717, 1.165) is 31.5 Å². The fourth-order valence-corrected chi connectivity index (χ4v) is 3.00. The van der Waals surface area contributed by atoms with Gasteiger partial charge in [-0.25, -0.2) is 0 Å². The summed E-state index contributed by atoms with van der Waals surface area (Å²) in [7, 11) is 1.59. The first kappa shape index (κ1) is 18.2. The molecule has 5 nitrogen and oxygen atoms in total. The Balaban J connectivity index is 1.69. The molecule has 1 amide bonds. The van der Waals surface area contributed by atoms with E-state index in [0.29, 0.717) is 24.6 Å².